The van der Waals surface area contributed by atoms with E-state index in [2.05, 4.69) is 24.5 Å². The van der Waals surface area contributed by atoms with Gasteiger partial charge < -0.3 is 15.4 Å². The molecule has 7 nitrogen and oxygen atoms in total. The maximum absolute atomic E-state index is 11.1. The Hall–Kier alpha value is -1.89. The highest BCUT2D eigenvalue weighted by atomic mass is 16.5. The van der Waals surface area contributed by atoms with Gasteiger partial charge in [-0.05, 0) is 0 Å². The molecule has 0 amide bonds. The lowest BCUT2D eigenvalue weighted by Gasteiger charge is -2.34. The summed E-state index contributed by atoms with van der Waals surface area (Å²) >= 11 is 0. The number of carbonyl (C=O) groups excluding carboxylic acids is 1. The van der Waals surface area contributed by atoms with Crippen LogP contribution in [0.25, 0.3) is 0 Å². The molecule has 0 bridgehead atoms. The van der Waals surface area contributed by atoms with Crippen LogP contribution in [-0.2, 0) is 9.53 Å². The molecule has 7 heteroatoms. The summed E-state index contributed by atoms with van der Waals surface area (Å²) in [6.07, 6.45) is 3.70. The molecule has 0 aliphatic carbocycles. The van der Waals surface area contributed by atoms with Gasteiger partial charge >= 0.3 is 5.97 Å². The lowest BCUT2D eigenvalue weighted by atomic mass is 10.3. The second-order valence-corrected chi connectivity index (χ2v) is 4.45. The largest absolute Gasteiger partial charge is 0.469 e. The highest BCUT2D eigenvalue weighted by Crippen LogP contribution is 2.12. The molecule has 1 saturated heterocycles. The third-order valence-electron chi connectivity index (χ3n) is 3.21. The molecule has 1 aromatic heterocycles. The van der Waals surface area contributed by atoms with Crippen molar-refractivity contribution in [2.45, 2.75) is 6.42 Å². The molecule has 2 N–H and O–H groups in total. The van der Waals surface area contributed by atoms with Gasteiger partial charge in [0.1, 0.15) is 11.6 Å². The maximum Gasteiger partial charge on any atom is 0.306 e. The van der Waals surface area contributed by atoms with Gasteiger partial charge in [0.2, 0.25) is 0 Å². The summed E-state index contributed by atoms with van der Waals surface area (Å²) in [5, 5.41) is 0. The highest BCUT2D eigenvalue weighted by molar-refractivity contribution is 5.69. The van der Waals surface area contributed by atoms with Crippen LogP contribution in [0.1, 0.15) is 6.42 Å². The minimum atomic E-state index is -0.160. The molecule has 0 atom stereocenters. The second-order valence-electron chi connectivity index (χ2n) is 4.45. The number of nitrogens with zero attached hydrogens (tertiary/aromatic N) is 4. The molecule has 0 aromatic carbocycles. The van der Waals surface area contributed by atoms with Gasteiger partial charge in [-0.3, -0.25) is 9.69 Å². The van der Waals surface area contributed by atoms with Gasteiger partial charge in [0, 0.05) is 32.7 Å². The Labute approximate surface area is 112 Å². The van der Waals surface area contributed by atoms with E-state index in [9.17, 15) is 4.79 Å². The van der Waals surface area contributed by atoms with Crippen LogP contribution < -0.4 is 10.6 Å². The number of carbonyl (C=O) groups is 1. The van der Waals surface area contributed by atoms with Gasteiger partial charge in [0.05, 0.1) is 25.9 Å². The Morgan fingerprint density at radius 2 is 2.05 bits per heavy atom. The zero-order chi connectivity index (χ0) is 13.7. The van der Waals surface area contributed by atoms with E-state index in [0.717, 1.165) is 38.5 Å². The van der Waals surface area contributed by atoms with Crippen molar-refractivity contribution >= 4 is 17.6 Å². The molecule has 0 radical (unpaired) electrons. The van der Waals surface area contributed by atoms with E-state index in [0.29, 0.717) is 12.2 Å². The van der Waals surface area contributed by atoms with Crippen LogP contribution in [-0.4, -0.2) is 60.7 Å². The molecule has 19 heavy (non-hydrogen) atoms. The van der Waals surface area contributed by atoms with Crippen molar-refractivity contribution in [3.8, 4) is 0 Å². The van der Waals surface area contributed by atoms with Crippen molar-refractivity contribution in [1.29, 1.82) is 0 Å². The molecule has 2 rings (SSSR count). The molecule has 1 aliphatic rings. The lowest BCUT2D eigenvalue weighted by molar-refractivity contribution is -0.141. The molecule has 0 spiro atoms. The van der Waals surface area contributed by atoms with E-state index in [1.165, 1.54) is 7.11 Å². The summed E-state index contributed by atoms with van der Waals surface area (Å²) in [5.74, 6) is 1.12. The van der Waals surface area contributed by atoms with Gasteiger partial charge in [-0.2, -0.15) is 0 Å². The van der Waals surface area contributed by atoms with E-state index in [1.807, 2.05) is 0 Å². The summed E-state index contributed by atoms with van der Waals surface area (Å²) < 4.78 is 4.64. The quantitative estimate of drug-likeness (QED) is 0.751. The number of anilines is 2. The lowest BCUT2D eigenvalue weighted by Crippen LogP contribution is -2.47. The Balaban J connectivity index is 1.79. The topological polar surface area (TPSA) is 84.6 Å². The predicted octanol–water partition coefficient (Wildman–Crippen LogP) is -0.256. The van der Waals surface area contributed by atoms with Gasteiger partial charge in [0.15, 0.2) is 0 Å². The first-order valence-electron chi connectivity index (χ1n) is 6.30. The number of esters is 1. The fraction of sp³-hybridized carbons (Fsp3) is 0.583. The number of methoxy groups -OCH3 is 1. The summed E-state index contributed by atoms with van der Waals surface area (Å²) in [4.78, 5) is 23.8. The van der Waals surface area contributed by atoms with E-state index in [-0.39, 0.29) is 5.97 Å². The van der Waals surface area contributed by atoms with Crippen LogP contribution in [0.5, 0.6) is 0 Å². The third kappa shape index (κ3) is 3.78. The molecule has 0 unspecified atom stereocenters. The highest BCUT2D eigenvalue weighted by Gasteiger charge is 2.18. The minimum absolute atomic E-state index is 0.160. The molecule has 2 heterocycles. The van der Waals surface area contributed by atoms with Crippen LogP contribution in [0, 0.1) is 0 Å². The van der Waals surface area contributed by atoms with E-state index < -0.39 is 0 Å². The smallest absolute Gasteiger partial charge is 0.306 e. The normalized spacial score (nSPS) is 16.4. The molecule has 1 aromatic rings. The first-order valence-corrected chi connectivity index (χ1v) is 6.30. The second kappa shape index (κ2) is 6.33. The minimum Gasteiger partial charge on any atom is -0.469 e. The first-order chi connectivity index (χ1) is 9.19. The number of rotatable bonds is 4. The SMILES string of the molecule is COC(=O)CCN1CCN(c2cnc(N)cn2)CC1. The van der Waals surface area contributed by atoms with Crippen molar-refractivity contribution in [2.75, 3.05) is 50.5 Å². The monoisotopic (exact) mass is 265 g/mol. The number of aromatic nitrogens is 2. The molecular formula is C12H19N5O2. The van der Waals surface area contributed by atoms with Crippen LogP contribution in [0.2, 0.25) is 0 Å². The molecule has 0 saturated carbocycles. The van der Waals surface area contributed by atoms with Crippen LogP contribution in [0.15, 0.2) is 12.4 Å². The Morgan fingerprint density at radius 1 is 1.32 bits per heavy atom. The van der Waals surface area contributed by atoms with Gasteiger partial charge in [-0.1, -0.05) is 0 Å². The summed E-state index contributed by atoms with van der Waals surface area (Å²) in [5.41, 5.74) is 5.52. The Morgan fingerprint density at radius 3 is 2.63 bits per heavy atom. The van der Waals surface area contributed by atoms with Crippen LogP contribution >= 0.6 is 0 Å². The number of ether oxygens (including phenoxy) is 1. The van der Waals surface area contributed by atoms with Crippen molar-refractivity contribution in [3.63, 3.8) is 0 Å². The van der Waals surface area contributed by atoms with Crippen molar-refractivity contribution in [2.24, 2.45) is 0 Å². The average molecular weight is 265 g/mol. The van der Waals surface area contributed by atoms with E-state index >= 15 is 0 Å². The van der Waals surface area contributed by atoms with Gasteiger partial charge in [-0.15, -0.1) is 0 Å². The summed E-state index contributed by atoms with van der Waals surface area (Å²) in [7, 11) is 1.42. The first kappa shape index (κ1) is 13.5. The van der Waals surface area contributed by atoms with Crippen LogP contribution in [0.3, 0.4) is 0 Å². The van der Waals surface area contributed by atoms with Gasteiger partial charge in [0.25, 0.3) is 0 Å². The van der Waals surface area contributed by atoms with Crippen molar-refractivity contribution in [3.05, 3.63) is 12.4 Å². The molecule has 1 fully saturated rings. The average Bonchev–Trinajstić information content (AvgIpc) is 2.46. The fourth-order valence-corrected chi connectivity index (χ4v) is 2.05. The number of piperazine rings is 1. The van der Waals surface area contributed by atoms with Gasteiger partial charge in [-0.25, -0.2) is 9.97 Å². The summed E-state index contributed by atoms with van der Waals surface area (Å²) in [6, 6.07) is 0. The van der Waals surface area contributed by atoms with Crippen LogP contribution in [0.4, 0.5) is 11.6 Å². The maximum atomic E-state index is 11.1. The third-order valence-corrected chi connectivity index (χ3v) is 3.21. The molecular weight excluding hydrogens is 246 g/mol. The Bertz CT molecular complexity index is 415. The Kier molecular flexibility index (Phi) is 4.51. The van der Waals surface area contributed by atoms with E-state index in [1.54, 1.807) is 12.4 Å². The molecule has 1 aliphatic heterocycles. The zero-order valence-corrected chi connectivity index (χ0v) is 11.1. The number of hydrogen-bond donors (Lipinski definition) is 1. The number of hydrogen-bond acceptors (Lipinski definition) is 7. The zero-order valence-electron chi connectivity index (χ0n) is 11.1. The summed E-state index contributed by atoms with van der Waals surface area (Å²) in [6.45, 7) is 4.31. The number of nitrogens with two attached hydrogens (primary N) is 1. The predicted molar refractivity (Wildman–Crippen MR) is 71.7 cm³/mol. The van der Waals surface area contributed by atoms with Crippen molar-refractivity contribution < 1.29 is 9.53 Å². The van der Waals surface area contributed by atoms with Crippen molar-refractivity contribution in [1.82, 2.24) is 14.9 Å². The molecule has 104 valence electrons. The fourth-order valence-electron chi connectivity index (χ4n) is 2.05. The standard InChI is InChI=1S/C12H19N5O2/c1-19-12(18)2-3-16-4-6-17(7-5-16)11-9-14-10(13)8-15-11/h8-9H,2-7H2,1H3,(H2,13,14). The number of nitrogen functional groups attached to an aromatic ring is 1. The van der Waals surface area contributed by atoms with E-state index in [4.69, 9.17) is 5.73 Å².